The average Bonchev–Trinajstić information content (AvgIpc) is 2.90. The summed E-state index contributed by atoms with van der Waals surface area (Å²) in [6.45, 7) is 1.89. The fourth-order valence-electron chi connectivity index (χ4n) is 2.03. The van der Waals surface area contributed by atoms with Gasteiger partial charge in [0.15, 0.2) is 5.82 Å². The van der Waals surface area contributed by atoms with Crippen molar-refractivity contribution in [2.75, 3.05) is 17.2 Å². The largest absolute Gasteiger partial charge is 0.374 e. The molecule has 0 aliphatic carbocycles. The van der Waals surface area contributed by atoms with Gasteiger partial charge >= 0.3 is 0 Å². The number of aromatic nitrogens is 2. The Morgan fingerprint density at radius 2 is 2.14 bits per heavy atom. The number of carbonyl (C=O) groups is 1. The van der Waals surface area contributed by atoms with E-state index in [0.717, 1.165) is 16.6 Å². The van der Waals surface area contributed by atoms with Crippen LogP contribution >= 0.6 is 0 Å². The number of para-hydroxylation sites is 1. The van der Waals surface area contributed by atoms with Crippen LogP contribution in [-0.2, 0) is 4.79 Å². The number of pyridine rings is 1. The Labute approximate surface area is 121 Å². The minimum Gasteiger partial charge on any atom is -0.374 e. The van der Waals surface area contributed by atoms with Gasteiger partial charge in [0, 0.05) is 17.6 Å². The Kier molecular flexibility index (Phi) is 3.51. The Morgan fingerprint density at radius 1 is 1.29 bits per heavy atom. The number of rotatable bonds is 4. The van der Waals surface area contributed by atoms with Gasteiger partial charge in [-0.15, -0.1) is 0 Å². The molecule has 0 unspecified atom stereocenters. The molecule has 1 aromatic carbocycles. The lowest BCUT2D eigenvalue weighted by molar-refractivity contribution is -0.114. The summed E-state index contributed by atoms with van der Waals surface area (Å²) in [5.41, 5.74) is 1.66. The zero-order valence-corrected chi connectivity index (χ0v) is 11.5. The predicted octanol–water partition coefficient (Wildman–Crippen LogP) is 2.58. The number of nitrogens with one attached hydrogen (secondary N) is 2. The Hall–Kier alpha value is -2.89. The van der Waals surface area contributed by atoms with Gasteiger partial charge in [0.1, 0.15) is 5.76 Å². The normalized spacial score (nSPS) is 10.5. The zero-order valence-electron chi connectivity index (χ0n) is 11.5. The fourth-order valence-corrected chi connectivity index (χ4v) is 2.03. The van der Waals surface area contributed by atoms with Crippen LogP contribution in [0.1, 0.15) is 5.76 Å². The molecule has 0 spiro atoms. The van der Waals surface area contributed by atoms with Gasteiger partial charge in [-0.25, -0.2) is 0 Å². The number of amides is 1. The van der Waals surface area contributed by atoms with Crippen molar-refractivity contribution in [1.29, 1.82) is 0 Å². The molecule has 2 aromatic heterocycles. The number of hydrogen-bond acceptors (Lipinski definition) is 5. The minimum absolute atomic E-state index is 0.127. The van der Waals surface area contributed by atoms with Crippen LogP contribution in [0.15, 0.2) is 47.1 Å². The minimum atomic E-state index is -0.198. The van der Waals surface area contributed by atoms with Crippen molar-refractivity contribution in [3.63, 3.8) is 0 Å². The summed E-state index contributed by atoms with van der Waals surface area (Å²) in [5, 5.41) is 10.5. The van der Waals surface area contributed by atoms with E-state index in [-0.39, 0.29) is 12.5 Å². The molecule has 0 atom stereocenters. The smallest absolute Gasteiger partial charge is 0.244 e. The molecular weight excluding hydrogens is 268 g/mol. The highest BCUT2D eigenvalue weighted by Crippen LogP contribution is 2.20. The third-order valence-corrected chi connectivity index (χ3v) is 2.97. The van der Waals surface area contributed by atoms with Crippen molar-refractivity contribution in [2.24, 2.45) is 0 Å². The first-order valence-electron chi connectivity index (χ1n) is 6.53. The lowest BCUT2D eigenvalue weighted by Gasteiger charge is -2.08. The van der Waals surface area contributed by atoms with E-state index >= 15 is 0 Å². The molecule has 0 saturated heterocycles. The highest BCUT2D eigenvalue weighted by molar-refractivity contribution is 5.95. The second-order valence-electron chi connectivity index (χ2n) is 4.61. The summed E-state index contributed by atoms with van der Waals surface area (Å²) in [5.74, 6) is 0.864. The first kappa shape index (κ1) is 13.1. The Morgan fingerprint density at radius 3 is 2.95 bits per heavy atom. The fraction of sp³-hybridized carbons (Fsp3) is 0.133. The van der Waals surface area contributed by atoms with Crippen LogP contribution in [0.2, 0.25) is 0 Å². The van der Waals surface area contributed by atoms with Crippen LogP contribution in [0.4, 0.5) is 11.5 Å². The molecule has 106 valence electrons. The van der Waals surface area contributed by atoms with Crippen molar-refractivity contribution in [3.05, 3.63) is 48.4 Å². The number of carbonyl (C=O) groups excluding carboxylic acids is 1. The molecule has 3 aromatic rings. The molecule has 0 fully saturated rings. The first-order valence-corrected chi connectivity index (χ1v) is 6.53. The predicted molar refractivity (Wildman–Crippen MR) is 80.1 cm³/mol. The maximum Gasteiger partial charge on any atom is 0.244 e. The molecule has 6 nitrogen and oxygen atoms in total. The van der Waals surface area contributed by atoms with E-state index in [2.05, 4.69) is 20.8 Å². The molecule has 0 saturated carbocycles. The summed E-state index contributed by atoms with van der Waals surface area (Å²) in [7, 11) is 0. The number of fused-ring (bicyclic) bond motifs is 1. The number of benzene rings is 1. The number of hydrogen-bond donors (Lipinski definition) is 2. The van der Waals surface area contributed by atoms with Crippen LogP contribution in [0.3, 0.4) is 0 Å². The molecule has 3 rings (SSSR count). The van der Waals surface area contributed by atoms with Crippen LogP contribution in [0.5, 0.6) is 0 Å². The van der Waals surface area contributed by atoms with Crippen molar-refractivity contribution in [1.82, 2.24) is 10.1 Å². The Bertz CT molecular complexity index is 777. The summed E-state index contributed by atoms with van der Waals surface area (Å²) < 4.78 is 4.89. The maximum atomic E-state index is 11.9. The second kappa shape index (κ2) is 5.62. The van der Waals surface area contributed by atoms with Gasteiger partial charge in [0.25, 0.3) is 0 Å². The lowest BCUT2D eigenvalue weighted by atomic mass is 10.2. The SMILES string of the molecule is Cc1cc(NC(=O)CNc2cccc3cccnc23)no1. The van der Waals surface area contributed by atoms with Gasteiger partial charge in [-0.1, -0.05) is 23.4 Å². The van der Waals surface area contributed by atoms with Crippen molar-refractivity contribution >= 4 is 28.3 Å². The maximum absolute atomic E-state index is 11.9. The van der Waals surface area contributed by atoms with E-state index in [1.165, 1.54) is 0 Å². The number of nitrogens with zero attached hydrogens (tertiary/aromatic N) is 2. The molecule has 0 aliphatic rings. The molecular formula is C15H14N4O2. The van der Waals surface area contributed by atoms with Crippen molar-refractivity contribution < 1.29 is 9.32 Å². The molecule has 21 heavy (non-hydrogen) atoms. The van der Waals surface area contributed by atoms with Gasteiger partial charge in [0.2, 0.25) is 5.91 Å². The van der Waals surface area contributed by atoms with E-state index in [9.17, 15) is 4.79 Å². The van der Waals surface area contributed by atoms with E-state index in [0.29, 0.717) is 11.6 Å². The highest BCUT2D eigenvalue weighted by atomic mass is 16.5. The first-order chi connectivity index (χ1) is 10.2. The third kappa shape index (κ3) is 3.00. The molecule has 0 bridgehead atoms. The van der Waals surface area contributed by atoms with Crippen LogP contribution in [0, 0.1) is 6.92 Å². The summed E-state index contributed by atoms with van der Waals surface area (Å²) in [6, 6.07) is 11.3. The third-order valence-electron chi connectivity index (χ3n) is 2.97. The quantitative estimate of drug-likeness (QED) is 0.768. The van der Waals surface area contributed by atoms with Gasteiger partial charge in [-0.3, -0.25) is 9.78 Å². The highest BCUT2D eigenvalue weighted by Gasteiger charge is 2.07. The summed E-state index contributed by atoms with van der Waals surface area (Å²) >= 11 is 0. The van der Waals surface area contributed by atoms with Gasteiger partial charge in [0.05, 0.1) is 17.7 Å². The molecule has 2 heterocycles. The van der Waals surface area contributed by atoms with Crippen molar-refractivity contribution in [3.8, 4) is 0 Å². The van der Waals surface area contributed by atoms with E-state index in [4.69, 9.17) is 4.52 Å². The van der Waals surface area contributed by atoms with Crippen LogP contribution < -0.4 is 10.6 Å². The van der Waals surface area contributed by atoms with E-state index < -0.39 is 0 Å². The van der Waals surface area contributed by atoms with Gasteiger partial charge < -0.3 is 15.2 Å². The van der Waals surface area contributed by atoms with Crippen LogP contribution in [-0.4, -0.2) is 22.6 Å². The number of aryl methyl sites for hydroxylation is 1. The molecule has 0 radical (unpaired) electrons. The van der Waals surface area contributed by atoms with E-state index in [1.54, 1.807) is 19.2 Å². The zero-order chi connectivity index (χ0) is 14.7. The summed E-state index contributed by atoms with van der Waals surface area (Å²) in [4.78, 5) is 16.2. The molecule has 6 heteroatoms. The number of anilines is 2. The molecule has 2 N–H and O–H groups in total. The van der Waals surface area contributed by atoms with Gasteiger partial charge in [-0.05, 0) is 19.1 Å². The topological polar surface area (TPSA) is 80.0 Å². The standard InChI is InChI=1S/C15H14N4O2/c1-10-8-13(19-21-10)18-14(20)9-17-12-6-2-4-11-5-3-7-16-15(11)12/h2-8,17H,9H2,1H3,(H,18,19,20). The van der Waals surface area contributed by atoms with Crippen LogP contribution in [0.25, 0.3) is 10.9 Å². The van der Waals surface area contributed by atoms with E-state index in [1.807, 2.05) is 30.3 Å². The second-order valence-corrected chi connectivity index (χ2v) is 4.61. The van der Waals surface area contributed by atoms with Crippen molar-refractivity contribution in [2.45, 2.75) is 6.92 Å². The molecule has 1 amide bonds. The Balaban J connectivity index is 1.67. The lowest BCUT2D eigenvalue weighted by Crippen LogP contribution is -2.22. The molecule has 0 aliphatic heterocycles. The monoisotopic (exact) mass is 282 g/mol. The van der Waals surface area contributed by atoms with Gasteiger partial charge in [-0.2, -0.15) is 0 Å². The summed E-state index contributed by atoms with van der Waals surface area (Å²) in [6.07, 6.45) is 1.73. The average molecular weight is 282 g/mol.